The van der Waals surface area contributed by atoms with Gasteiger partial charge in [0.1, 0.15) is 5.82 Å². The molecule has 1 aliphatic heterocycles. The van der Waals surface area contributed by atoms with Crippen molar-refractivity contribution in [1.29, 1.82) is 0 Å². The number of nitrogens with two attached hydrogens (primary N) is 1. The molecule has 9 heteroatoms. The van der Waals surface area contributed by atoms with Gasteiger partial charge in [-0.2, -0.15) is 5.10 Å². The average molecular weight is 398 g/mol. The Labute approximate surface area is 165 Å². The minimum Gasteiger partial charge on any atom is -0.466 e. The molecule has 1 fully saturated rings. The van der Waals surface area contributed by atoms with Crippen molar-refractivity contribution in [3.63, 3.8) is 0 Å². The number of ether oxygens (including phenoxy) is 1. The summed E-state index contributed by atoms with van der Waals surface area (Å²) >= 11 is 5.63. The molecule has 1 aromatic rings. The lowest BCUT2D eigenvalue weighted by Crippen LogP contribution is -2.38. The van der Waals surface area contributed by atoms with Crippen LogP contribution in [0.2, 0.25) is 0 Å². The largest absolute Gasteiger partial charge is 0.466 e. The lowest BCUT2D eigenvalue weighted by atomic mass is 9.97. The Hall–Kier alpha value is -1.74. The molecule has 2 heterocycles. The normalized spacial score (nSPS) is 16.0. The molecule has 8 nitrogen and oxygen atoms in total. The van der Waals surface area contributed by atoms with Crippen LogP contribution in [0.15, 0.2) is 0 Å². The van der Waals surface area contributed by atoms with E-state index in [-0.39, 0.29) is 24.2 Å². The highest BCUT2D eigenvalue weighted by Crippen LogP contribution is 2.19. The summed E-state index contributed by atoms with van der Waals surface area (Å²) in [6, 6.07) is 0. The number of carbonyl (C=O) groups excluding carboxylic acids is 2. The number of nitrogens with zero attached hydrogens (tertiary/aromatic N) is 4. The summed E-state index contributed by atoms with van der Waals surface area (Å²) < 4.78 is 9.61. The van der Waals surface area contributed by atoms with Crippen LogP contribution in [-0.4, -0.2) is 50.8 Å². The van der Waals surface area contributed by atoms with Crippen LogP contribution >= 0.6 is 12.2 Å². The van der Waals surface area contributed by atoms with Crippen LogP contribution in [0.4, 0.5) is 0 Å². The van der Waals surface area contributed by atoms with Crippen LogP contribution < -0.4 is 5.73 Å². The number of amides is 1. The zero-order chi connectivity index (χ0) is 20.0. The molecule has 1 aliphatic rings. The average Bonchev–Trinajstić information content (AvgIpc) is 2.89. The molecular formula is C18H31N5O3S. The first-order valence-corrected chi connectivity index (χ1v) is 10.1. The number of hydrogen-bond acceptors (Lipinski definition) is 6. The summed E-state index contributed by atoms with van der Waals surface area (Å²) in [6.45, 7) is 9.46. The van der Waals surface area contributed by atoms with Crippen molar-refractivity contribution in [1.82, 2.24) is 19.2 Å². The molecule has 0 atom stereocenters. The van der Waals surface area contributed by atoms with Gasteiger partial charge in [0.15, 0.2) is 4.77 Å². The summed E-state index contributed by atoms with van der Waals surface area (Å²) in [4.78, 5) is 25.3. The molecule has 152 valence electrons. The Bertz CT molecular complexity index is 704. The van der Waals surface area contributed by atoms with Crippen molar-refractivity contribution in [2.45, 2.75) is 59.7 Å². The number of carbonyl (C=O) groups is 2. The van der Waals surface area contributed by atoms with Gasteiger partial charge in [-0.05, 0) is 37.9 Å². The third kappa shape index (κ3) is 6.14. The standard InChI is InChI=1S/C18H31N5O3S/c1-4-26-17(25)14-7-9-21(10-8-14)12-23-18(27)22(11-13(2)3)16(20-23)6-5-15(19)24/h13-14H,4-12H2,1-3H3,(H2,19,24). The minimum absolute atomic E-state index is 0.0150. The number of likely N-dealkylation sites (tertiary alicyclic amines) is 1. The highest BCUT2D eigenvalue weighted by molar-refractivity contribution is 7.71. The van der Waals surface area contributed by atoms with E-state index in [4.69, 9.17) is 22.7 Å². The summed E-state index contributed by atoms with van der Waals surface area (Å²) in [5.41, 5.74) is 5.29. The van der Waals surface area contributed by atoms with Crippen molar-refractivity contribution < 1.29 is 14.3 Å². The smallest absolute Gasteiger partial charge is 0.309 e. The number of piperidine rings is 1. The number of aryl methyl sites for hydroxylation is 1. The highest BCUT2D eigenvalue weighted by atomic mass is 32.1. The van der Waals surface area contributed by atoms with Crippen molar-refractivity contribution in [3.8, 4) is 0 Å². The highest BCUT2D eigenvalue weighted by Gasteiger charge is 2.26. The Morgan fingerprint density at radius 3 is 2.56 bits per heavy atom. The summed E-state index contributed by atoms with van der Waals surface area (Å²) in [6.07, 6.45) is 2.32. The van der Waals surface area contributed by atoms with Gasteiger partial charge in [-0.1, -0.05) is 13.8 Å². The molecule has 1 amide bonds. The maximum absolute atomic E-state index is 11.9. The maximum Gasteiger partial charge on any atom is 0.309 e. The van der Waals surface area contributed by atoms with E-state index in [0.717, 1.165) is 38.3 Å². The van der Waals surface area contributed by atoms with E-state index in [1.165, 1.54) is 0 Å². The van der Waals surface area contributed by atoms with E-state index in [1.807, 2.05) is 16.2 Å². The Kier molecular flexibility index (Phi) is 7.97. The molecule has 0 unspecified atom stereocenters. The molecule has 27 heavy (non-hydrogen) atoms. The predicted molar refractivity (Wildman–Crippen MR) is 104 cm³/mol. The van der Waals surface area contributed by atoms with Crippen LogP contribution in [0.25, 0.3) is 0 Å². The number of aromatic nitrogens is 3. The van der Waals surface area contributed by atoms with Crippen molar-refractivity contribution >= 4 is 24.1 Å². The van der Waals surface area contributed by atoms with E-state index in [1.54, 1.807) is 0 Å². The molecule has 0 saturated carbocycles. The van der Waals surface area contributed by atoms with Crippen molar-refractivity contribution in [2.75, 3.05) is 19.7 Å². The third-order valence-corrected chi connectivity index (χ3v) is 5.11. The molecule has 2 N–H and O–H groups in total. The molecule has 0 bridgehead atoms. The van der Waals surface area contributed by atoms with Gasteiger partial charge in [-0.3, -0.25) is 14.5 Å². The van der Waals surface area contributed by atoms with E-state index < -0.39 is 0 Å². The fourth-order valence-corrected chi connectivity index (χ4v) is 3.58. The van der Waals surface area contributed by atoms with Crippen LogP contribution in [0, 0.1) is 16.6 Å². The molecule has 0 aliphatic carbocycles. The first-order valence-electron chi connectivity index (χ1n) is 9.65. The van der Waals surface area contributed by atoms with Crippen LogP contribution in [-0.2, 0) is 34.0 Å². The Morgan fingerprint density at radius 1 is 1.33 bits per heavy atom. The molecule has 0 aromatic carbocycles. The van der Waals surface area contributed by atoms with Crippen LogP contribution in [0.5, 0.6) is 0 Å². The molecular weight excluding hydrogens is 366 g/mol. The molecule has 2 rings (SSSR count). The molecule has 0 spiro atoms. The molecule has 0 radical (unpaired) electrons. The maximum atomic E-state index is 11.9. The second-order valence-corrected chi connectivity index (χ2v) is 7.82. The van der Waals surface area contributed by atoms with Gasteiger partial charge in [0.25, 0.3) is 0 Å². The number of hydrogen-bond donors (Lipinski definition) is 1. The van der Waals surface area contributed by atoms with Crippen LogP contribution in [0.3, 0.4) is 0 Å². The van der Waals surface area contributed by atoms with Gasteiger partial charge in [0, 0.05) is 32.5 Å². The lowest BCUT2D eigenvalue weighted by Gasteiger charge is -2.30. The molecule has 1 saturated heterocycles. The van der Waals surface area contributed by atoms with Crippen molar-refractivity contribution in [2.24, 2.45) is 17.6 Å². The van der Waals surface area contributed by atoms with E-state index in [2.05, 4.69) is 23.8 Å². The topological polar surface area (TPSA) is 95.4 Å². The Morgan fingerprint density at radius 2 is 2.00 bits per heavy atom. The number of primary amides is 1. The number of rotatable bonds is 9. The van der Waals surface area contributed by atoms with Crippen LogP contribution in [0.1, 0.15) is 45.9 Å². The Balaban J connectivity index is 2.04. The minimum atomic E-state index is -0.340. The second kappa shape index (κ2) is 9.98. The summed E-state index contributed by atoms with van der Waals surface area (Å²) in [7, 11) is 0. The van der Waals surface area contributed by atoms with Gasteiger partial charge < -0.3 is 15.0 Å². The third-order valence-electron chi connectivity index (χ3n) is 4.68. The zero-order valence-corrected chi connectivity index (χ0v) is 17.3. The summed E-state index contributed by atoms with van der Waals surface area (Å²) in [5, 5.41) is 4.65. The van der Waals surface area contributed by atoms with Gasteiger partial charge >= 0.3 is 5.97 Å². The van der Waals surface area contributed by atoms with Gasteiger partial charge in [-0.15, -0.1) is 0 Å². The SMILES string of the molecule is CCOC(=O)C1CCN(Cn2nc(CCC(N)=O)n(CC(C)C)c2=S)CC1. The summed E-state index contributed by atoms with van der Waals surface area (Å²) in [5.74, 6) is 0.769. The fraction of sp³-hybridized carbons (Fsp3) is 0.778. The second-order valence-electron chi connectivity index (χ2n) is 7.45. The predicted octanol–water partition coefficient (Wildman–Crippen LogP) is 1.72. The first kappa shape index (κ1) is 21.6. The monoisotopic (exact) mass is 397 g/mol. The first-order chi connectivity index (χ1) is 12.8. The zero-order valence-electron chi connectivity index (χ0n) is 16.5. The van der Waals surface area contributed by atoms with Gasteiger partial charge in [0.05, 0.1) is 19.2 Å². The van der Waals surface area contributed by atoms with Gasteiger partial charge in [0.2, 0.25) is 5.91 Å². The molecule has 1 aromatic heterocycles. The van der Waals surface area contributed by atoms with E-state index in [0.29, 0.717) is 30.4 Å². The number of esters is 1. The van der Waals surface area contributed by atoms with E-state index >= 15 is 0 Å². The van der Waals surface area contributed by atoms with Gasteiger partial charge in [-0.25, -0.2) is 4.68 Å². The quantitative estimate of drug-likeness (QED) is 0.504. The fourth-order valence-electron chi connectivity index (χ4n) is 3.31. The van der Waals surface area contributed by atoms with E-state index in [9.17, 15) is 9.59 Å². The van der Waals surface area contributed by atoms with Crippen molar-refractivity contribution in [3.05, 3.63) is 10.6 Å². The lowest BCUT2D eigenvalue weighted by molar-refractivity contribution is -0.149.